The summed E-state index contributed by atoms with van der Waals surface area (Å²) in [7, 11) is 0. The minimum atomic E-state index is -0.775. The Morgan fingerprint density at radius 2 is 2.50 bits per heavy atom. The second kappa shape index (κ2) is 5.41. The van der Waals surface area contributed by atoms with Gasteiger partial charge in [0.15, 0.2) is 0 Å². The predicted molar refractivity (Wildman–Crippen MR) is 60.6 cm³/mol. The van der Waals surface area contributed by atoms with E-state index in [-0.39, 0.29) is 12.5 Å². The molecule has 0 radical (unpaired) electrons. The number of nitrogens with zero attached hydrogens (tertiary/aromatic N) is 1. The largest absolute Gasteiger partial charge is 0.481 e. The molecule has 4 nitrogen and oxygen atoms in total. The number of hydrogen-bond acceptors (Lipinski definition) is 4. The van der Waals surface area contributed by atoms with Crippen LogP contribution in [0.1, 0.15) is 42.5 Å². The molecule has 0 aliphatic carbocycles. The zero-order valence-electron chi connectivity index (χ0n) is 9.02. The smallest absolute Gasteiger partial charge is 0.303 e. The molecule has 2 rings (SSSR count). The number of carbonyl (C=O) groups is 1. The number of carboxylic acid groups (broad SMARTS) is 1. The number of aryl methyl sites for hydroxylation is 1. The fourth-order valence-electron chi connectivity index (χ4n) is 1.76. The highest BCUT2D eigenvalue weighted by Crippen LogP contribution is 2.30. The van der Waals surface area contributed by atoms with Crippen molar-refractivity contribution in [3.8, 4) is 0 Å². The number of aromatic nitrogens is 1. The molecule has 0 aromatic carbocycles. The Bertz CT molecular complexity index is 358. The Kier molecular flexibility index (Phi) is 3.90. The SMILES string of the molecule is O=C(O)CCc1csc(C2CCCCO2)n1. The lowest BCUT2D eigenvalue weighted by molar-refractivity contribution is -0.136. The second-order valence-corrected chi connectivity index (χ2v) is 4.82. The van der Waals surface area contributed by atoms with Gasteiger partial charge in [-0.25, -0.2) is 4.98 Å². The van der Waals surface area contributed by atoms with E-state index in [4.69, 9.17) is 9.84 Å². The van der Waals surface area contributed by atoms with Gasteiger partial charge in [-0.2, -0.15) is 0 Å². The van der Waals surface area contributed by atoms with Crippen molar-refractivity contribution in [3.05, 3.63) is 16.1 Å². The maximum atomic E-state index is 10.4. The third-order valence-electron chi connectivity index (χ3n) is 2.62. The summed E-state index contributed by atoms with van der Waals surface area (Å²) < 4.78 is 5.63. The molecule has 1 aromatic rings. The van der Waals surface area contributed by atoms with Crippen molar-refractivity contribution in [1.82, 2.24) is 4.98 Å². The van der Waals surface area contributed by atoms with E-state index in [1.165, 1.54) is 6.42 Å². The quantitative estimate of drug-likeness (QED) is 0.879. The number of ether oxygens (including phenoxy) is 1. The first-order valence-electron chi connectivity index (χ1n) is 5.53. The molecule has 16 heavy (non-hydrogen) atoms. The van der Waals surface area contributed by atoms with Gasteiger partial charge in [-0.05, 0) is 19.3 Å². The summed E-state index contributed by atoms with van der Waals surface area (Å²) in [6.45, 7) is 0.814. The van der Waals surface area contributed by atoms with Crippen LogP contribution in [0, 0.1) is 0 Å². The first-order valence-corrected chi connectivity index (χ1v) is 6.41. The van der Waals surface area contributed by atoms with Crippen LogP contribution in [-0.2, 0) is 16.0 Å². The predicted octanol–water partition coefficient (Wildman–Crippen LogP) is 2.40. The topological polar surface area (TPSA) is 59.4 Å². The monoisotopic (exact) mass is 241 g/mol. The molecule has 1 atom stereocenters. The van der Waals surface area contributed by atoms with E-state index >= 15 is 0 Å². The highest BCUT2D eigenvalue weighted by Gasteiger charge is 2.19. The first kappa shape index (κ1) is 11.5. The zero-order valence-corrected chi connectivity index (χ0v) is 9.83. The molecule has 1 unspecified atom stereocenters. The Morgan fingerprint density at radius 1 is 1.62 bits per heavy atom. The lowest BCUT2D eigenvalue weighted by Gasteiger charge is -2.20. The van der Waals surface area contributed by atoms with Gasteiger partial charge in [0, 0.05) is 18.4 Å². The Labute approximate surface area is 98.3 Å². The molecule has 5 heteroatoms. The molecule has 0 amide bonds. The van der Waals surface area contributed by atoms with Crippen molar-refractivity contribution >= 4 is 17.3 Å². The lowest BCUT2D eigenvalue weighted by Crippen LogP contribution is -2.11. The van der Waals surface area contributed by atoms with Gasteiger partial charge in [0.05, 0.1) is 12.1 Å². The minimum absolute atomic E-state index is 0.136. The summed E-state index contributed by atoms with van der Waals surface area (Å²) in [6, 6.07) is 0. The van der Waals surface area contributed by atoms with Crippen LogP contribution in [0.2, 0.25) is 0 Å². The summed E-state index contributed by atoms with van der Waals surface area (Å²) in [4.78, 5) is 14.9. The molecule has 1 N–H and O–H groups in total. The van der Waals surface area contributed by atoms with Crippen LogP contribution in [0.3, 0.4) is 0 Å². The van der Waals surface area contributed by atoms with Crippen LogP contribution in [-0.4, -0.2) is 22.7 Å². The van der Waals surface area contributed by atoms with Crippen molar-refractivity contribution in [2.24, 2.45) is 0 Å². The van der Waals surface area contributed by atoms with E-state index in [0.29, 0.717) is 6.42 Å². The fourth-order valence-corrected chi connectivity index (χ4v) is 2.69. The van der Waals surface area contributed by atoms with Crippen molar-refractivity contribution in [2.45, 2.75) is 38.2 Å². The molecule has 88 valence electrons. The number of thiazole rings is 1. The number of aliphatic carboxylic acids is 1. The van der Waals surface area contributed by atoms with Gasteiger partial charge in [-0.15, -0.1) is 11.3 Å². The molecule has 1 aliphatic rings. The van der Waals surface area contributed by atoms with Crippen molar-refractivity contribution < 1.29 is 14.6 Å². The average Bonchev–Trinajstić information content (AvgIpc) is 2.76. The number of carboxylic acids is 1. The summed E-state index contributed by atoms with van der Waals surface area (Å²) in [5, 5.41) is 11.5. The standard InChI is InChI=1S/C11H15NO3S/c13-10(14)5-4-8-7-16-11(12-8)9-3-1-2-6-15-9/h7,9H,1-6H2,(H,13,14). The molecular formula is C11H15NO3S. The van der Waals surface area contributed by atoms with Gasteiger partial charge in [-0.3, -0.25) is 4.79 Å². The normalized spacial score (nSPS) is 20.9. The highest BCUT2D eigenvalue weighted by molar-refractivity contribution is 7.09. The fraction of sp³-hybridized carbons (Fsp3) is 0.636. The van der Waals surface area contributed by atoms with Gasteiger partial charge in [-0.1, -0.05) is 0 Å². The average molecular weight is 241 g/mol. The second-order valence-electron chi connectivity index (χ2n) is 3.93. The Morgan fingerprint density at radius 3 is 3.19 bits per heavy atom. The van der Waals surface area contributed by atoms with Crippen LogP contribution in [0.25, 0.3) is 0 Å². The Hall–Kier alpha value is -0.940. The zero-order chi connectivity index (χ0) is 11.4. The van der Waals surface area contributed by atoms with E-state index in [2.05, 4.69) is 4.98 Å². The molecule has 0 spiro atoms. The highest BCUT2D eigenvalue weighted by atomic mass is 32.1. The van der Waals surface area contributed by atoms with Gasteiger partial charge >= 0.3 is 5.97 Å². The first-order chi connectivity index (χ1) is 7.75. The van der Waals surface area contributed by atoms with E-state index in [9.17, 15) is 4.79 Å². The van der Waals surface area contributed by atoms with Crippen LogP contribution in [0.15, 0.2) is 5.38 Å². The van der Waals surface area contributed by atoms with Crippen molar-refractivity contribution in [1.29, 1.82) is 0 Å². The van der Waals surface area contributed by atoms with E-state index < -0.39 is 5.97 Å². The van der Waals surface area contributed by atoms with Gasteiger partial charge < -0.3 is 9.84 Å². The van der Waals surface area contributed by atoms with E-state index in [0.717, 1.165) is 30.2 Å². The van der Waals surface area contributed by atoms with Crippen LogP contribution in [0.4, 0.5) is 0 Å². The molecule has 1 aliphatic heterocycles. The van der Waals surface area contributed by atoms with Crippen LogP contribution < -0.4 is 0 Å². The number of rotatable bonds is 4. The number of hydrogen-bond donors (Lipinski definition) is 1. The maximum Gasteiger partial charge on any atom is 0.303 e. The molecule has 0 bridgehead atoms. The van der Waals surface area contributed by atoms with E-state index in [1.807, 2.05) is 5.38 Å². The van der Waals surface area contributed by atoms with E-state index in [1.54, 1.807) is 11.3 Å². The maximum absolute atomic E-state index is 10.4. The summed E-state index contributed by atoms with van der Waals surface area (Å²) in [5.41, 5.74) is 0.872. The van der Waals surface area contributed by atoms with Crippen LogP contribution in [0.5, 0.6) is 0 Å². The molecule has 1 fully saturated rings. The summed E-state index contributed by atoms with van der Waals surface area (Å²) in [6.07, 6.45) is 4.15. The molecular weight excluding hydrogens is 226 g/mol. The third-order valence-corrected chi connectivity index (χ3v) is 3.61. The van der Waals surface area contributed by atoms with Gasteiger partial charge in [0.25, 0.3) is 0 Å². The minimum Gasteiger partial charge on any atom is -0.481 e. The van der Waals surface area contributed by atoms with Crippen LogP contribution >= 0.6 is 11.3 Å². The third kappa shape index (κ3) is 3.02. The molecule has 1 saturated heterocycles. The summed E-state index contributed by atoms with van der Waals surface area (Å²) in [5.74, 6) is -0.775. The lowest BCUT2D eigenvalue weighted by atomic mass is 10.1. The van der Waals surface area contributed by atoms with Gasteiger partial charge in [0.1, 0.15) is 11.1 Å². The van der Waals surface area contributed by atoms with Gasteiger partial charge in [0.2, 0.25) is 0 Å². The summed E-state index contributed by atoms with van der Waals surface area (Å²) >= 11 is 1.58. The molecule has 1 aromatic heterocycles. The van der Waals surface area contributed by atoms with Crippen molar-refractivity contribution in [2.75, 3.05) is 6.61 Å². The Balaban J connectivity index is 1.93. The molecule has 0 saturated carbocycles. The van der Waals surface area contributed by atoms with Crippen molar-refractivity contribution in [3.63, 3.8) is 0 Å². The molecule has 2 heterocycles.